The average molecular weight is 643 g/mol. The third-order valence-corrected chi connectivity index (χ3v) is 9.81. The molecule has 0 radical (unpaired) electrons. The monoisotopic (exact) mass is 642 g/mol. The van der Waals surface area contributed by atoms with E-state index in [1.807, 2.05) is 105 Å². The quantitative estimate of drug-likeness (QED) is 0.143. The van der Waals surface area contributed by atoms with Gasteiger partial charge in [0.2, 0.25) is 0 Å². The first-order valence-electron chi connectivity index (χ1n) is 15.8. The van der Waals surface area contributed by atoms with Gasteiger partial charge in [-0.25, -0.2) is 0 Å². The van der Waals surface area contributed by atoms with E-state index in [-0.39, 0.29) is 13.2 Å². The topological polar surface area (TPSA) is 66.4 Å². The normalized spacial score (nSPS) is 23.3. The maximum Gasteiger partial charge on any atom is 0.188 e. The third kappa shape index (κ3) is 8.66. The van der Waals surface area contributed by atoms with Crippen molar-refractivity contribution in [3.63, 3.8) is 0 Å². The van der Waals surface area contributed by atoms with Crippen molar-refractivity contribution in [3.05, 3.63) is 138 Å². The molecule has 244 valence electrons. The number of hydrogen-bond acceptors (Lipinski definition) is 7. The number of ether oxygens (including phenoxy) is 5. The van der Waals surface area contributed by atoms with Crippen molar-refractivity contribution < 1.29 is 28.8 Å². The smallest absolute Gasteiger partial charge is 0.188 e. The molecule has 5 atom stereocenters. The summed E-state index contributed by atoms with van der Waals surface area (Å²) in [5.41, 5.74) is 3.47. The van der Waals surface area contributed by atoms with Crippen molar-refractivity contribution in [3.8, 4) is 0 Å². The van der Waals surface area contributed by atoms with Crippen LogP contribution < -0.4 is 0 Å². The molecular weight excluding hydrogens is 596 g/mol. The van der Waals surface area contributed by atoms with Gasteiger partial charge in [0.25, 0.3) is 0 Å². The Hall–Kier alpha value is -3.01. The van der Waals surface area contributed by atoms with Gasteiger partial charge in [0.1, 0.15) is 18.3 Å². The van der Waals surface area contributed by atoms with E-state index in [0.717, 1.165) is 27.1 Å². The van der Waals surface area contributed by atoms with E-state index < -0.39 is 34.8 Å². The van der Waals surface area contributed by atoms with Gasteiger partial charge >= 0.3 is 0 Å². The van der Waals surface area contributed by atoms with Gasteiger partial charge in [0.05, 0.1) is 38.3 Å². The predicted octanol–water partition coefficient (Wildman–Crippen LogP) is 7.60. The Labute approximate surface area is 278 Å². The predicted molar refractivity (Wildman–Crippen MR) is 182 cm³/mol. The molecule has 1 heterocycles. The van der Waals surface area contributed by atoms with Crippen LogP contribution in [0, 0.1) is 12.3 Å². The molecule has 5 rings (SSSR count). The zero-order valence-electron chi connectivity index (χ0n) is 27.2. The van der Waals surface area contributed by atoms with Crippen molar-refractivity contribution in [2.45, 2.75) is 74.8 Å². The van der Waals surface area contributed by atoms with Crippen LogP contribution in [0.1, 0.15) is 36.1 Å². The minimum absolute atomic E-state index is 0.201. The zero-order chi connectivity index (χ0) is 32.4. The van der Waals surface area contributed by atoms with Crippen molar-refractivity contribution in [1.82, 2.24) is 0 Å². The van der Waals surface area contributed by atoms with Crippen molar-refractivity contribution in [2.75, 3.05) is 20.3 Å². The second-order valence-electron chi connectivity index (χ2n) is 12.5. The lowest BCUT2D eigenvalue weighted by Gasteiger charge is -2.55. The first-order valence-corrected chi connectivity index (χ1v) is 16.7. The van der Waals surface area contributed by atoms with E-state index >= 15 is 0 Å². The van der Waals surface area contributed by atoms with Crippen LogP contribution in [0.5, 0.6) is 0 Å². The first-order chi connectivity index (χ1) is 22.3. The largest absolute Gasteiger partial charge is 0.384 e. The summed E-state index contributed by atoms with van der Waals surface area (Å²) in [4.78, 5) is 1.000. The van der Waals surface area contributed by atoms with Crippen molar-refractivity contribution >= 4 is 11.8 Å². The van der Waals surface area contributed by atoms with Crippen LogP contribution >= 0.6 is 11.8 Å². The fourth-order valence-corrected chi connectivity index (χ4v) is 7.29. The maximum atomic E-state index is 12.8. The summed E-state index contributed by atoms with van der Waals surface area (Å²) in [6.45, 7) is 7.59. The highest BCUT2D eigenvalue weighted by atomic mass is 32.2. The second kappa shape index (κ2) is 16.2. The standard InChI is InChI=1S/C39H46O6S/c1-29-20-22-33(23-21-29)46-37-36(44-26-32-18-12-7-13-19-32)35(43-25-31-16-10-6-11-17-31)34(27-42-24-30-14-8-5-9-15-30)45-39(37,40)38(2,3)28-41-4/h5-23,34-37,40H,24-28H2,1-4H3/t34-,35-,36+,37-,39+/m1/s1. The van der Waals surface area contributed by atoms with Gasteiger partial charge in [-0.15, -0.1) is 11.8 Å². The highest BCUT2D eigenvalue weighted by molar-refractivity contribution is 8.00. The molecule has 0 saturated carbocycles. The minimum atomic E-state index is -1.67. The Balaban J connectivity index is 1.54. The number of benzene rings is 4. The number of aliphatic hydroxyl groups is 1. The van der Waals surface area contributed by atoms with Crippen LogP contribution in [-0.2, 0) is 43.5 Å². The number of methoxy groups -OCH3 is 1. The number of rotatable bonds is 15. The lowest BCUT2D eigenvalue weighted by molar-refractivity contribution is -0.355. The summed E-state index contributed by atoms with van der Waals surface area (Å²) in [6.07, 6.45) is -1.76. The molecule has 6 nitrogen and oxygen atoms in total. The highest BCUT2D eigenvalue weighted by Crippen LogP contribution is 2.50. The van der Waals surface area contributed by atoms with E-state index in [4.69, 9.17) is 23.7 Å². The molecule has 1 saturated heterocycles. The van der Waals surface area contributed by atoms with Crippen LogP contribution in [0.25, 0.3) is 0 Å². The Morgan fingerprint density at radius 3 is 1.74 bits per heavy atom. The maximum absolute atomic E-state index is 12.8. The lowest BCUT2D eigenvalue weighted by atomic mass is 9.77. The molecular formula is C39H46O6S. The van der Waals surface area contributed by atoms with Gasteiger partial charge in [0.15, 0.2) is 5.79 Å². The van der Waals surface area contributed by atoms with Crippen molar-refractivity contribution in [1.29, 1.82) is 0 Å². The fraction of sp³-hybridized carbons (Fsp3) is 0.385. The van der Waals surface area contributed by atoms with Crippen LogP contribution in [0.15, 0.2) is 120 Å². The van der Waals surface area contributed by atoms with E-state index in [1.165, 1.54) is 0 Å². The van der Waals surface area contributed by atoms with Gasteiger partial charge < -0.3 is 28.8 Å². The average Bonchev–Trinajstić information content (AvgIpc) is 3.07. The van der Waals surface area contributed by atoms with Crippen LogP contribution in [0.3, 0.4) is 0 Å². The number of thioether (sulfide) groups is 1. The molecule has 1 aliphatic rings. The van der Waals surface area contributed by atoms with Gasteiger partial charge in [-0.2, -0.15) is 0 Å². The molecule has 0 amide bonds. The van der Waals surface area contributed by atoms with E-state index in [2.05, 4.69) is 31.2 Å². The molecule has 4 aromatic rings. The molecule has 0 aromatic heterocycles. The van der Waals surface area contributed by atoms with Gasteiger partial charge in [-0.1, -0.05) is 123 Å². The molecule has 0 aliphatic carbocycles. The Bertz CT molecular complexity index is 1450. The molecule has 0 bridgehead atoms. The molecule has 1 N–H and O–H groups in total. The van der Waals surface area contributed by atoms with Crippen LogP contribution in [0.4, 0.5) is 0 Å². The Kier molecular flexibility index (Phi) is 12.1. The minimum Gasteiger partial charge on any atom is -0.384 e. The SMILES string of the molecule is COCC(C)(C)[C@@]1(O)O[C@H](COCc2ccccc2)[C@@H](OCc2ccccc2)[C@H](OCc2ccccc2)[C@H]1Sc1ccc(C)cc1. The first kappa shape index (κ1) is 34.3. The molecule has 1 fully saturated rings. The Morgan fingerprint density at radius 1 is 0.717 bits per heavy atom. The summed E-state index contributed by atoms with van der Waals surface area (Å²) in [6, 6.07) is 38.5. The fourth-order valence-electron chi connectivity index (χ4n) is 5.80. The molecule has 0 unspecified atom stereocenters. The Morgan fingerprint density at radius 2 is 1.22 bits per heavy atom. The molecule has 4 aromatic carbocycles. The summed E-state index contributed by atoms with van der Waals surface area (Å²) in [5.74, 6) is -1.67. The number of hydrogen-bond donors (Lipinski definition) is 1. The summed E-state index contributed by atoms with van der Waals surface area (Å²) in [7, 11) is 1.64. The summed E-state index contributed by atoms with van der Waals surface area (Å²) < 4.78 is 32.4. The lowest BCUT2D eigenvalue weighted by Crippen LogP contribution is -2.70. The number of aryl methyl sites for hydroxylation is 1. The molecule has 0 spiro atoms. The zero-order valence-corrected chi connectivity index (χ0v) is 28.0. The summed E-state index contributed by atoms with van der Waals surface area (Å²) >= 11 is 1.55. The third-order valence-electron chi connectivity index (χ3n) is 8.43. The van der Waals surface area contributed by atoms with E-state index in [9.17, 15) is 5.11 Å². The van der Waals surface area contributed by atoms with Gasteiger partial charge in [-0.05, 0) is 35.7 Å². The van der Waals surface area contributed by atoms with Crippen LogP contribution in [-0.4, -0.2) is 54.8 Å². The van der Waals surface area contributed by atoms with Crippen molar-refractivity contribution in [2.24, 2.45) is 5.41 Å². The second-order valence-corrected chi connectivity index (χ2v) is 13.8. The van der Waals surface area contributed by atoms with Crippen LogP contribution in [0.2, 0.25) is 0 Å². The van der Waals surface area contributed by atoms with E-state index in [1.54, 1.807) is 18.9 Å². The summed E-state index contributed by atoms with van der Waals surface area (Å²) in [5, 5.41) is 12.3. The van der Waals surface area contributed by atoms with E-state index in [0.29, 0.717) is 19.8 Å². The van der Waals surface area contributed by atoms with Gasteiger partial charge in [-0.3, -0.25) is 0 Å². The molecule has 1 aliphatic heterocycles. The highest BCUT2D eigenvalue weighted by Gasteiger charge is 2.62. The molecule has 46 heavy (non-hydrogen) atoms. The van der Waals surface area contributed by atoms with Gasteiger partial charge in [0, 0.05) is 17.4 Å². The molecule has 7 heteroatoms.